The van der Waals surface area contributed by atoms with Gasteiger partial charge >= 0.3 is 6.09 Å². The van der Waals surface area contributed by atoms with Crippen LogP contribution in [-0.2, 0) is 17.8 Å². The number of benzene rings is 3. The van der Waals surface area contributed by atoms with Gasteiger partial charge in [0.25, 0.3) is 0 Å². The van der Waals surface area contributed by atoms with Crippen LogP contribution in [0.3, 0.4) is 0 Å². The van der Waals surface area contributed by atoms with E-state index >= 15 is 0 Å². The summed E-state index contributed by atoms with van der Waals surface area (Å²) in [7, 11) is 0. The first-order chi connectivity index (χ1) is 14.3. The standard InChI is InChI=1S/C25H23NO2S/c27-25(28-18-20-11-5-2-6-12-20)26-22(16-15-19-9-3-1-4-10-19)24-17-21-13-7-8-14-23(21)29-24/h1-14,17,22H,15-16,18H2,(H,26,27)/t22-/m0/s1. The number of carbonyl (C=O) groups is 1. The van der Waals surface area contributed by atoms with Gasteiger partial charge < -0.3 is 10.1 Å². The summed E-state index contributed by atoms with van der Waals surface area (Å²) in [6.07, 6.45) is 1.32. The van der Waals surface area contributed by atoms with Gasteiger partial charge in [-0.05, 0) is 41.5 Å². The van der Waals surface area contributed by atoms with E-state index in [1.54, 1.807) is 11.3 Å². The molecule has 0 fully saturated rings. The van der Waals surface area contributed by atoms with E-state index < -0.39 is 0 Å². The Kier molecular flexibility index (Phi) is 6.22. The third kappa shape index (κ3) is 5.24. The van der Waals surface area contributed by atoms with E-state index in [0.717, 1.165) is 23.3 Å². The van der Waals surface area contributed by atoms with Gasteiger partial charge in [0.2, 0.25) is 0 Å². The lowest BCUT2D eigenvalue weighted by atomic mass is 10.0. The van der Waals surface area contributed by atoms with Crippen LogP contribution >= 0.6 is 11.3 Å². The topological polar surface area (TPSA) is 38.3 Å². The second kappa shape index (κ2) is 9.39. The number of aryl methyl sites for hydroxylation is 1. The summed E-state index contributed by atoms with van der Waals surface area (Å²) in [5.41, 5.74) is 2.24. The Labute approximate surface area is 175 Å². The van der Waals surface area contributed by atoms with E-state index in [-0.39, 0.29) is 18.7 Å². The van der Waals surface area contributed by atoms with E-state index in [1.807, 2.05) is 60.7 Å². The fourth-order valence-corrected chi connectivity index (χ4v) is 4.47. The fourth-order valence-electron chi connectivity index (χ4n) is 3.32. The minimum absolute atomic E-state index is 0.0871. The molecular weight excluding hydrogens is 378 g/mol. The molecule has 0 aliphatic heterocycles. The fraction of sp³-hybridized carbons (Fsp3) is 0.160. The van der Waals surface area contributed by atoms with E-state index in [9.17, 15) is 4.79 Å². The molecule has 0 unspecified atom stereocenters. The van der Waals surface area contributed by atoms with Crippen LogP contribution in [0.1, 0.15) is 28.5 Å². The maximum absolute atomic E-state index is 12.5. The summed E-state index contributed by atoms with van der Waals surface area (Å²) >= 11 is 1.73. The molecular formula is C25H23NO2S. The molecule has 1 N–H and O–H groups in total. The molecule has 0 saturated carbocycles. The van der Waals surface area contributed by atoms with Gasteiger partial charge in [-0.1, -0.05) is 78.9 Å². The van der Waals surface area contributed by atoms with Crippen LogP contribution in [0, 0.1) is 0 Å². The number of ether oxygens (including phenoxy) is 1. The zero-order chi connectivity index (χ0) is 19.9. The van der Waals surface area contributed by atoms with Crippen LogP contribution in [0.2, 0.25) is 0 Å². The molecule has 1 heterocycles. The van der Waals surface area contributed by atoms with Gasteiger partial charge in [0.15, 0.2) is 0 Å². The van der Waals surface area contributed by atoms with E-state index in [2.05, 4.69) is 35.6 Å². The van der Waals surface area contributed by atoms with Crippen LogP contribution in [0.5, 0.6) is 0 Å². The predicted molar refractivity (Wildman–Crippen MR) is 119 cm³/mol. The Bertz CT molecular complexity index is 1030. The maximum atomic E-state index is 12.5. The van der Waals surface area contributed by atoms with Crippen molar-refractivity contribution >= 4 is 27.5 Å². The van der Waals surface area contributed by atoms with Crippen LogP contribution in [0.4, 0.5) is 4.79 Å². The summed E-state index contributed by atoms with van der Waals surface area (Å²) in [6.45, 7) is 0.268. The van der Waals surface area contributed by atoms with Crippen molar-refractivity contribution in [2.45, 2.75) is 25.5 Å². The van der Waals surface area contributed by atoms with E-state index in [0.29, 0.717) is 0 Å². The first-order valence-electron chi connectivity index (χ1n) is 9.77. The molecule has 0 radical (unpaired) electrons. The minimum Gasteiger partial charge on any atom is -0.445 e. The van der Waals surface area contributed by atoms with Gasteiger partial charge in [0, 0.05) is 9.58 Å². The van der Waals surface area contributed by atoms with Crippen LogP contribution in [0.25, 0.3) is 10.1 Å². The SMILES string of the molecule is O=C(N[C@@H](CCc1ccccc1)c1cc2ccccc2s1)OCc1ccccc1. The average Bonchev–Trinajstić information content (AvgIpc) is 3.21. The molecule has 1 amide bonds. The molecule has 29 heavy (non-hydrogen) atoms. The second-order valence-electron chi connectivity index (χ2n) is 6.97. The van der Waals surface area contributed by atoms with Crippen LogP contribution < -0.4 is 5.32 Å². The number of amides is 1. The number of hydrogen-bond acceptors (Lipinski definition) is 3. The summed E-state index contributed by atoms with van der Waals surface area (Å²) in [4.78, 5) is 13.6. The van der Waals surface area contributed by atoms with Gasteiger partial charge in [-0.15, -0.1) is 11.3 Å². The van der Waals surface area contributed by atoms with Gasteiger partial charge in [-0.3, -0.25) is 0 Å². The average molecular weight is 402 g/mol. The number of nitrogens with one attached hydrogen (secondary N) is 1. The molecule has 1 aromatic heterocycles. The minimum atomic E-state index is -0.385. The Morgan fingerprint density at radius 1 is 0.862 bits per heavy atom. The van der Waals surface area contributed by atoms with Crippen molar-refractivity contribution in [1.82, 2.24) is 5.32 Å². The number of alkyl carbamates (subject to hydrolysis) is 1. The Morgan fingerprint density at radius 3 is 2.24 bits per heavy atom. The number of thiophene rings is 1. The third-order valence-corrected chi connectivity index (χ3v) is 6.09. The third-order valence-electron chi connectivity index (χ3n) is 4.86. The molecule has 1 atom stereocenters. The molecule has 4 aromatic rings. The normalized spacial score (nSPS) is 11.9. The van der Waals surface area contributed by atoms with Crippen molar-refractivity contribution < 1.29 is 9.53 Å². The number of hydrogen-bond donors (Lipinski definition) is 1. The first kappa shape index (κ1) is 19.2. The lowest BCUT2D eigenvalue weighted by Crippen LogP contribution is -2.29. The van der Waals surface area contributed by atoms with Crippen molar-refractivity contribution in [2.24, 2.45) is 0 Å². The smallest absolute Gasteiger partial charge is 0.407 e. The van der Waals surface area contributed by atoms with Crippen LogP contribution in [-0.4, -0.2) is 6.09 Å². The van der Waals surface area contributed by atoms with Gasteiger partial charge in [-0.2, -0.15) is 0 Å². The summed E-state index contributed by atoms with van der Waals surface area (Å²) in [5, 5.41) is 4.29. The molecule has 0 aliphatic rings. The van der Waals surface area contributed by atoms with Crippen molar-refractivity contribution in [2.75, 3.05) is 0 Å². The zero-order valence-electron chi connectivity index (χ0n) is 16.1. The second-order valence-corrected chi connectivity index (χ2v) is 8.08. The van der Waals surface area contributed by atoms with E-state index in [1.165, 1.54) is 15.6 Å². The van der Waals surface area contributed by atoms with Gasteiger partial charge in [0.05, 0.1) is 6.04 Å². The molecule has 4 rings (SSSR count). The number of fused-ring (bicyclic) bond motifs is 1. The summed E-state index contributed by atoms with van der Waals surface area (Å²) in [6, 6.07) is 30.5. The van der Waals surface area contributed by atoms with Gasteiger partial charge in [0.1, 0.15) is 6.61 Å². The molecule has 146 valence electrons. The number of carbonyl (C=O) groups excluding carboxylic acids is 1. The maximum Gasteiger partial charge on any atom is 0.407 e. The lowest BCUT2D eigenvalue weighted by Gasteiger charge is -2.17. The van der Waals surface area contributed by atoms with Crippen LogP contribution in [0.15, 0.2) is 91.0 Å². The van der Waals surface area contributed by atoms with E-state index in [4.69, 9.17) is 4.74 Å². The largest absolute Gasteiger partial charge is 0.445 e. The lowest BCUT2D eigenvalue weighted by molar-refractivity contribution is 0.135. The highest BCUT2D eigenvalue weighted by atomic mass is 32.1. The van der Waals surface area contributed by atoms with Crippen molar-refractivity contribution in [3.05, 3.63) is 107 Å². The molecule has 3 aromatic carbocycles. The first-order valence-corrected chi connectivity index (χ1v) is 10.6. The molecule has 0 saturated heterocycles. The Balaban J connectivity index is 1.47. The summed E-state index contributed by atoms with van der Waals surface area (Å²) in [5.74, 6) is 0. The Morgan fingerprint density at radius 2 is 1.52 bits per heavy atom. The van der Waals surface area contributed by atoms with Crippen molar-refractivity contribution in [3.8, 4) is 0 Å². The monoisotopic (exact) mass is 401 g/mol. The highest BCUT2D eigenvalue weighted by Crippen LogP contribution is 2.32. The quantitative estimate of drug-likeness (QED) is 0.384. The molecule has 0 aliphatic carbocycles. The highest BCUT2D eigenvalue weighted by Gasteiger charge is 2.18. The molecule has 3 nitrogen and oxygen atoms in total. The highest BCUT2D eigenvalue weighted by molar-refractivity contribution is 7.19. The zero-order valence-corrected chi connectivity index (χ0v) is 16.9. The molecule has 0 bridgehead atoms. The summed E-state index contributed by atoms with van der Waals surface area (Å²) < 4.78 is 6.69. The number of rotatable bonds is 7. The Hall–Kier alpha value is -3.11. The molecule has 4 heteroatoms. The van der Waals surface area contributed by atoms with Crippen molar-refractivity contribution in [1.29, 1.82) is 0 Å². The van der Waals surface area contributed by atoms with Gasteiger partial charge in [-0.25, -0.2) is 4.79 Å². The molecule has 0 spiro atoms. The van der Waals surface area contributed by atoms with Crippen molar-refractivity contribution in [3.63, 3.8) is 0 Å². The predicted octanol–water partition coefficient (Wildman–Crippen LogP) is 6.50.